The standard InChI is InChI=1S/C18H16N2O5/c1-11-6-7-14(15(21)8-11)18(22)24-10-16-19-17(20-25-16)12-4-3-5-13(9-12)23-2/h3-9,21H,10H2,1-2H3. The minimum atomic E-state index is -0.668. The zero-order valence-electron chi connectivity index (χ0n) is 13.7. The quantitative estimate of drug-likeness (QED) is 0.713. The first-order valence-corrected chi connectivity index (χ1v) is 7.50. The van der Waals surface area contributed by atoms with Crippen molar-refractivity contribution in [1.82, 2.24) is 10.1 Å². The first-order chi connectivity index (χ1) is 12.1. The summed E-state index contributed by atoms with van der Waals surface area (Å²) < 4.78 is 15.3. The fraction of sp³-hybridized carbons (Fsp3) is 0.167. The number of methoxy groups -OCH3 is 1. The molecule has 1 heterocycles. The summed E-state index contributed by atoms with van der Waals surface area (Å²) in [6.45, 7) is 1.62. The van der Waals surface area contributed by atoms with Gasteiger partial charge in [-0.1, -0.05) is 23.4 Å². The Bertz CT molecular complexity index is 904. The number of hydrogen-bond donors (Lipinski definition) is 1. The predicted molar refractivity (Wildman–Crippen MR) is 88.2 cm³/mol. The lowest BCUT2D eigenvalue weighted by atomic mass is 10.1. The SMILES string of the molecule is COc1cccc(-c2noc(COC(=O)c3ccc(C)cc3O)n2)c1. The molecule has 0 bridgehead atoms. The third-order valence-electron chi connectivity index (χ3n) is 3.50. The smallest absolute Gasteiger partial charge is 0.342 e. The summed E-state index contributed by atoms with van der Waals surface area (Å²) in [7, 11) is 1.57. The van der Waals surface area contributed by atoms with Gasteiger partial charge in [0.2, 0.25) is 5.82 Å². The molecule has 0 atom stereocenters. The van der Waals surface area contributed by atoms with E-state index < -0.39 is 5.97 Å². The van der Waals surface area contributed by atoms with Crippen LogP contribution in [0.2, 0.25) is 0 Å². The molecule has 7 nitrogen and oxygen atoms in total. The van der Waals surface area contributed by atoms with E-state index in [0.717, 1.165) is 11.1 Å². The Balaban J connectivity index is 1.68. The highest BCUT2D eigenvalue weighted by Crippen LogP contribution is 2.22. The molecule has 0 spiro atoms. The molecule has 3 aromatic rings. The summed E-state index contributed by atoms with van der Waals surface area (Å²) in [5, 5.41) is 13.7. The first kappa shape index (κ1) is 16.5. The number of carbonyl (C=O) groups is 1. The first-order valence-electron chi connectivity index (χ1n) is 7.50. The number of rotatable bonds is 5. The normalized spacial score (nSPS) is 10.5. The number of benzene rings is 2. The van der Waals surface area contributed by atoms with Crippen molar-refractivity contribution >= 4 is 5.97 Å². The van der Waals surface area contributed by atoms with E-state index in [4.69, 9.17) is 14.0 Å². The van der Waals surface area contributed by atoms with Gasteiger partial charge in [-0.15, -0.1) is 0 Å². The fourth-order valence-corrected chi connectivity index (χ4v) is 2.21. The zero-order valence-corrected chi connectivity index (χ0v) is 13.7. The summed E-state index contributed by atoms with van der Waals surface area (Å²) in [5.41, 5.74) is 1.64. The van der Waals surface area contributed by atoms with Crippen LogP contribution >= 0.6 is 0 Å². The average molecular weight is 340 g/mol. The van der Waals surface area contributed by atoms with Crippen molar-refractivity contribution in [1.29, 1.82) is 0 Å². The maximum Gasteiger partial charge on any atom is 0.342 e. The molecule has 25 heavy (non-hydrogen) atoms. The van der Waals surface area contributed by atoms with Gasteiger partial charge in [0.05, 0.1) is 7.11 Å². The Morgan fingerprint density at radius 2 is 2.08 bits per heavy atom. The molecule has 0 amide bonds. The van der Waals surface area contributed by atoms with Gasteiger partial charge in [0, 0.05) is 5.56 Å². The molecule has 3 rings (SSSR count). The molecule has 0 unspecified atom stereocenters. The van der Waals surface area contributed by atoms with Crippen LogP contribution in [0.4, 0.5) is 0 Å². The van der Waals surface area contributed by atoms with Gasteiger partial charge in [-0.2, -0.15) is 4.98 Å². The van der Waals surface area contributed by atoms with Crippen molar-refractivity contribution in [2.24, 2.45) is 0 Å². The molecule has 0 saturated carbocycles. The summed E-state index contributed by atoms with van der Waals surface area (Å²) in [6, 6.07) is 11.9. The van der Waals surface area contributed by atoms with Gasteiger partial charge in [0.15, 0.2) is 6.61 Å². The zero-order chi connectivity index (χ0) is 17.8. The highest BCUT2D eigenvalue weighted by atomic mass is 16.6. The van der Waals surface area contributed by atoms with Crippen molar-refractivity contribution in [2.45, 2.75) is 13.5 Å². The summed E-state index contributed by atoms with van der Waals surface area (Å²) >= 11 is 0. The topological polar surface area (TPSA) is 94.7 Å². The van der Waals surface area contributed by atoms with E-state index in [1.807, 2.05) is 19.1 Å². The number of aromatic nitrogens is 2. The second kappa shape index (κ2) is 7.04. The molecule has 0 radical (unpaired) electrons. The Morgan fingerprint density at radius 1 is 1.24 bits per heavy atom. The molecule has 1 N–H and O–H groups in total. The summed E-state index contributed by atoms with van der Waals surface area (Å²) in [4.78, 5) is 16.2. The number of hydrogen-bond acceptors (Lipinski definition) is 7. The van der Waals surface area contributed by atoms with E-state index in [2.05, 4.69) is 10.1 Å². The van der Waals surface area contributed by atoms with E-state index in [-0.39, 0.29) is 23.8 Å². The lowest BCUT2D eigenvalue weighted by Crippen LogP contribution is -2.06. The van der Waals surface area contributed by atoms with E-state index >= 15 is 0 Å². The number of aromatic hydroxyl groups is 1. The van der Waals surface area contributed by atoms with Gasteiger partial charge in [0.25, 0.3) is 5.89 Å². The van der Waals surface area contributed by atoms with Crippen LogP contribution in [0.25, 0.3) is 11.4 Å². The van der Waals surface area contributed by atoms with Crippen LogP contribution in [-0.2, 0) is 11.3 Å². The molecule has 128 valence electrons. The number of esters is 1. The Morgan fingerprint density at radius 3 is 2.84 bits per heavy atom. The Kier molecular flexibility index (Phi) is 4.65. The van der Waals surface area contributed by atoms with Crippen LogP contribution in [0.5, 0.6) is 11.5 Å². The number of phenols is 1. The maximum atomic E-state index is 12.0. The molecule has 0 aliphatic carbocycles. The van der Waals surface area contributed by atoms with Crippen molar-refractivity contribution in [2.75, 3.05) is 7.11 Å². The predicted octanol–water partition coefficient (Wildman–Crippen LogP) is 3.12. The number of aryl methyl sites for hydroxylation is 1. The van der Waals surface area contributed by atoms with E-state index in [1.165, 1.54) is 12.1 Å². The van der Waals surface area contributed by atoms with Crippen LogP contribution in [0.3, 0.4) is 0 Å². The Labute approximate surface area is 143 Å². The fourth-order valence-electron chi connectivity index (χ4n) is 2.21. The lowest BCUT2D eigenvalue weighted by Gasteiger charge is -2.04. The molecule has 1 aromatic heterocycles. The van der Waals surface area contributed by atoms with Crippen LogP contribution < -0.4 is 4.74 Å². The number of carbonyl (C=O) groups excluding carboxylic acids is 1. The second-order valence-electron chi connectivity index (χ2n) is 5.34. The van der Waals surface area contributed by atoms with Crippen LogP contribution in [-0.4, -0.2) is 28.3 Å². The number of ether oxygens (including phenoxy) is 2. The van der Waals surface area contributed by atoms with Crippen molar-refractivity contribution in [3.05, 3.63) is 59.5 Å². The van der Waals surface area contributed by atoms with Gasteiger partial charge in [-0.05, 0) is 36.8 Å². The molecule has 0 aliphatic heterocycles. The highest BCUT2D eigenvalue weighted by Gasteiger charge is 2.15. The molecule has 0 saturated heterocycles. The molecule has 7 heteroatoms. The van der Waals surface area contributed by atoms with E-state index in [0.29, 0.717) is 11.6 Å². The Hall–Kier alpha value is -3.35. The monoisotopic (exact) mass is 340 g/mol. The maximum absolute atomic E-state index is 12.0. The molecule has 0 fully saturated rings. The van der Waals surface area contributed by atoms with E-state index in [9.17, 15) is 9.90 Å². The van der Waals surface area contributed by atoms with E-state index in [1.54, 1.807) is 25.3 Å². The van der Waals surface area contributed by atoms with Gasteiger partial charge >= 0.3 is 5.97 Å². The second-order valence-corrected chi connectivity index (χ2v) is 5.34. The average Bonchev–Trinajstić information content (AvgIpc) is 3.09. The lowest BCUT2D eigenvalue weighted by molar-refractivity contribution is 0.0426. The van der Waals surface area contributed by atoms with Crippen molar-refractivity contribution < 1.29 is 23.9 Å². The van der Waals surface area contributed by atoms with Crippen LogP contribution in [0.15, 0.2) is 47.0 Å². The summed E-state index contributed by atoms with van der Waals surface area (Å²) in [6.07, 6.45) is 0. The summed E-state index contributed by atoms with van der Waals surface area (Å²) in [5.74, 6) is 0.386. The van der Waals surface area contributed by atoms with Crippen LogP contribution in [0, 0.1) is 6.92 Å². The van der Waals surface area contributed by atoms with Crippen molar-refractivity contribution in [3.8, 4) is 22.9 Å². The number of phenolic OH excluding ortho intramolecular Hbond substituents is 1. The largest absolute Gasteiger partial charge is 0.507 e. The number of nitrogens with zero attached hydrogens (tertiary/aromatic N) is 2. The van der Waals surface area contributed by atoms with Gasteiger partial charge < -0.3 is 19.1 Å². The molecular weight excluding hydrogens is 324 g/mol. The van der Waals surface area contributed by atoms with Gasteiger partial charge in [0.1, 0.15) is 17.1 Å². The molecular formula is C18H16N2O5. The van der Waals surface area contributed by atoms with Gasteiger partial charge in [-0.25, -0.2) is 4.79 Å². The molecule has 0 aliphatic rings. The van der Waals surface area contributed by atoms with Gasteiger partial charge in [-0.3, -0.25) is 0 Å². The van der Waals surface area contributed by atoms with Crippen LogP contribution in [0.1, 0.15) is 21.8 Å². The third kappa shape index (κ3) is 3.77. The highest BCUT2D eigenvalue weighted by molar-refractivity contribution is 5.92. The molecule has 2 aromatic carbocycles. The minimum Gasteiger partial charge on any atom is -0.507 e. The minimum absolute atomic E-state index is 0.0816. The van der Waals surface area contributed by atoms with Crippen molar-refractivity contribution in [3.63, 3.8) is 0 Å². The third-order valence-corrected chi connectivity index (χ3v) is 3.50.